The van der Waals surface area contributed by atoms with Crippen LogP contribution >= 0.6 is 0 Å². The average Bonchev–Trinajstić information content (AvgIpc) is 3.42. The first-order valence-corrected chi connectivity index (χ1v) is 11.8. The number of nitrogens with one attached hydrogen (secondary N) is 2. The molecule has 1 fully saturated rings. The van der Waals surface area contributed by atoms with Crippen molar-refractivity contribution in [1.29, 1.82) is 0 Å². The minimum atomic E-state index is -1.11. The molecule has 0 radical (unpaired) electrons. The van der Waals surface area contributed by atoms with E-state index in [2.05, 4.69) is 22.8 Å². The summed E-state index contributed by atoms with van der Waals surface area (Å²) in [4.78, 5) is 38.8. The second kappa shape index (κ2) is 10.9. The zero-order valence-electron chi connectivity index (χ0n) is 19.9. The number of carbonyl (C=O) groups excluding carboxylic acids is 2. The first-order valence-electron chi connectivity index (χ1n) is 11.8. The van der Waals surface area contributed by atoms with Gasteiger partial charge in [-0.15, -0.1) is 0 Å². The number of hydrogen-bond donors (Lipinski definition) is 3. The summed E-state index contributed by atoms with van der Waals surface area (Å²) < 4.78 is 11.1. The fourth-order valence-corrected chi connectivity index (χ4v) is 4.69. The number of carboxylic acid groups (broad SMARTS) is 1. The summed E-state index contributed by atoms with van der Waals surface area (Å²) in [5.74, 6) is -1.74. The second-order valence-corrected chi connectivity index (χ2v) is 9.15. The van der Waals surface area contributed by atoms with Crippen LogP contribution in [0.15, 0.2) is 48.5 Å². The molecule has 9 nitrogen and oxygen atoms in total. The predicted octanol–water partition coefficient (Wildman–Crippen LogP) is 2.20. The van der Waals surface area contributed by atoms with Crippen LogP contribution in [0, 0.1) is 0 Å². The Bertz CT molecular complexity index is 1040. The molecule has 1 heterocycles. The van der Waals surface area contributed by atoms with Gasteiger partial charge in [0.25, 0.3) is 5.91 Å². The summed E-state index contributed by atoms with van der Waals surface area (Å²) >= 11 is 0. The smallest absolute Gasteiger partial charge is 0.407 e. The Balaban J connectivity index is 1.34. The van der Waals surface area contributed by atoms with Gasteiger partial charge in [0.05, 0.1) is 6.04 Å². The third kappa shape index (κ3) is 5.63. The van der Waals surface area contributed by atoms with Gasteiger partial charge < -0.3 is 30.1 Å². The Labute approximate surface area is 204 Å². The van der Waals surface area contributed by atoms with Gasteiger partial charge in [0.2, 0.25) is 0 Å². The lowest BCUT2D eigenvalue weighted by Crippen LogP contribution is -2.52. The number of carbonyl (C=O) groups is 3. The van der Waals surface area contributed by atoms with E-state index in [0.29, 0.717) is 13.0 Å². The van der Waals surface area contributed by atoms with E-state index in [1.165, 1.54) is 0 Å². The zero-order chi connectivity index (χ0) is 24.9. The second-order valence-electron chi connectivity index (χ2n) is 9.15. The first-order chi connectivity index (χ1) is 16.8. The maximum absolute atomic E-state index is 12.7. The Morgan fingerprint density at radius 1 is 1.09 bits per heavy atom. The maximum Gasteiger partial charge on any atom is 0.407 e. The molecule has 1 aliphatic heterocycles. The Kier molecular flexibility index (Phi) is 7.67. The van der Waals surface area contributed by atoms with Crippen LogP contribution in [-0.2, 0) is 19.1 Å². The molecule has 4 rings (SSSR count). The van der Waals surface area contributed by atoms with E-state index in [0.717, 1.165) is 22.3 Å². The number of fused-ring (bicyclic) bond motifs is 3. The van der Waals surface area contributed by atoms with Crippen molar-refractivity contribution < 1.29 is 29.0 Å². The summed E-state index contributed by atoms with van der Waals surface area (Å²) in [5, 5.41) is 14.7. The highest BCUT2D eigenvalue weighted by Crippen LogP contribution is 2.44. The van der Waals surface area contributed by atoms with Gasteiger partial charge in [0.1, 0.15) is 12.6 Å². The van der Waals surface area contributed by atoms with E-state index in [-0.39, 0.29) is 25.6 Å². The molecule has 9 heteroatoms. The SMILES string of the molecule is CN(C)CCC(NC(=O)[C@@H]1OCC[C@@H]1NC(=O)OCC1c2ccccc2-c2ccccc21)C(=O)O. The molecule has 2 amide bonds. The van der Waals surface area contributed by atoms with Crippen LogP contribution in [-0.4, -0.2) is 80.0 Å². The number of hydrogen-bond acceptors (Lipinski definition) is 6. The molecule has 1 unspecified atom stereocenters. The van der Waals surface area contributed by atoms with Crippen LogP contribution < -0.4 is 10.6 Å². The summed E-state index contributed by atoms with van der Waals surface area (Å²) in [5.41, 5.74) is 4.50. The molecule has 2 aliphatic rings. The van der Waals surface area contributed by atoms with Gasteiger partial charge in [-0.05, 0) is 49.2 Å². The monoisotopic (exact) mass is 481 g/mol. The minimum absolute atomic E-state index is 0.0694. The lowest BCUT2D eigenvalue weighted by atomic mass is 9.98. The number of rotatable bonds is 9. The number of alkyl carbamates (subject to hydrolysis) is 1. The van der Waals surface area contributed by atoms with Gasteiger partial charge in [-0.2, -0.15) is 0 Å². The molecule has 0 bridgehead atoms. The summed E-state index contributed by atoms with van der Waals surface area (Å²) in [6.45, 7) is 0.946. The molecule has 1 saturated heterocycles. The van der Waals surface area contributed by atoms with Crippen LogP contribution in [0.3, 0.4) is 0 Å². The number of aliphatic carboxylic acids is 1. The highest BCUT2D eigenvalue weighted by molar-refractivity contribution is 5.87. The third-order valence-electron chi connectivity index (χ3n) is 6.48. The predicted molar refractivity (Wildman–Crippen MR) is 129 cm³/mol. The number of carboxylic acids is 1. The molecular weight excluding hydrogens is 450 g/mol. The fraction of sp³-hybridized carbons (Fsp3) is 0.423. The quantitative estimate of drug-likeness (QED) is 0.503. The topological polar surface area (TPSA) is 117 Å². The molecule has 3 atom stereocenters. The average molecular weight is 482 g/mol. The van der Waals surface area contributed by atoms with Crippen LogP contribution in [0.5, 0.6) is 0 Å². The van der Waals surface area contributed by atoms with Crippen molar-refractivity contribution in [3.8, 4) is 11.1 Å². The molecule has 2 aromatic rings. The molecule has 0 spiro atoms. The van der Waals surface area contributed by atoms with Crippen LogP contribution in [0.4, 0.5) is 4.79 Å². The summed E-state index contributed by atoms with van der Waals surface area (Å²) in [7, 11) is 3.66. The van der Waals surface area contributed by atoms with Gasteiger partial charge >= 0.3 is 12.1 Å². The number of amides is 2. The fourth-order valence-electron chi connectivity index (χ4n) is 4.69. The van der Waals surface area contributed by atoms with Crippen molar-refractivity contribution in [1.82, 2.24) is 15.5 Å². The van der Waals surface area contributed by atoms with Crippen molar-refractivity contribution in [2.45, 2.75) is 36.9 Å². The molecule has 186 valence electrons. The summed E-state index contributed by atoms with van der Waals surface area (Å²) in [6, 6.07) is 14.5. The van der Waals surface area contributed by atoms with Crippen molar-refractivity contribution in [3.63, 3.8) is 0 Å². The van der Waals surface area contributed by atoms with E-state index >= 15 is 0 Å². The van der Waals surface area contributed by atoms with Gasteiger partial charge in [-0.25, -0.2) is 9.59 Å². The molecule has 1 aliphatic carbocycles. The van der Waals surface area contributed by atoms with E-state index in [4.69, 9.17) is 9.47 Å². The Hall–Kier alpha value is -3.43. The molecule has 0 aromatic heterocycles. The molecule has 35 heavy (non-hydrogen) atoms. The number of benzene rings is 2. The van der Waals surface area contributed by atoms with Gasteiger partial charge in [0, 0.05) is 19.1 Å². The van der Waals surface area contributed by atoms with E-state index in [1.54, 1.807) is 0 Å². The largest absolute Gasteiger partial charge is 0.480 e. The molecule has 2 aromatic carbocycles. The van der Waals surface area contributed by atoms with Crippen LogP contribution in [0.25, 0.3) is 11.1 Å². The lowest BCUT2D eigenvalue weighted by molar-refractivity contribution is -0.144. The Morgan fingerprint density at radius 2 is 1.71 bits per heavy atom. The van der Waals surface area contributed by atoms with Gasteiger partial charge in [-0.1, -0.05) is 48.5 Å². The first kappa shape index (κ1) is 24.7. The minimum Gasteiger partial charge on any atom is -0.480 e. The van der Waals surface area contributed by atoms with Crippen LogP contribution in [0.2, 0.25) is 0 Å². The third-order valence-corrected chi connectivity index (χ3v) is 6.48. The van der Waals surface area contributed by atoms with Crippen molar-refractivity contribution in [3.05, 3.63) is 59.7 Å². The van der Waals surface area contributed by atoms with Gasteiger partial charge in [0.15, 0.2) is 6.10 Å². The Morgan fingerprint density at radius 3 is 2.31 bits per heavy atom. The zero-order valence-corrected chi connectivity index (χ0v) is 19.9. The highest BCUT2D eigenvalue weighted by atomic mass is 16.6. The standard InChI is InChI=1S/C26H31N3O6/c1-29(2)13-11-22(25(31)32)27-24(30)23-21(12-14-34-23)28-26(33)35-15-20-18-9-5-3-7-16(18)17-8-4-6-10-19(17)20/h3-10,20-23H,11-15H2,1-2H3,(H,27,30)(H,28,33)(H,31,32)/t21-,22?,23+/m0/s1. The van der Waals surface area contributed by atoms with Crippen molar-refractivity contribution in [2.24, 2.45) is 0 Å². The van der Waals surface area contributed by atoms with E-state index in [1.807, 2.05) is 55.4 Å². The number of ether oxygens (including phenoxy) is 2. The van der Waals surface area contributed by atoms with Crippen molar-refractivity contribution in [2.75, 3.05) is 33.9 Å². The normalized spacial score (nSPS) is 19.6. The summed E-state index contributed by atoms with van der Waals surface area (Å²) in [6.07, 6.45) is -0.928. The van der Waals surface area contributed by atoms with E-state index in [9.17, 15) is 19.5 Å². The number of nitrogens with zero attached hydrogens (tertiary/aromatic N) is 1. The van der Waals surface area contributed by atoms with Crippen molar-refractivity contribution >= 4 is 18.0 Å². The lowest BCUT2D eigenvalue weighted by Gasteiger charge is -2.23. The molecule has 3 N–H and O–H groups in total. The van der Waals surface area contributed by atoms with Crippen LogP contribution in [0.1, 0.15) is 29.9 Å². The van der Waals surface area contributed by atoms with E-state index < -0.39 is 36.2 Å². The van der Waals surface area contributed by atoms with Gasteiger partial charge in [-0.3, -0.25) is 4.79 Å². The maximum atomic E-state index is 12.7. The molecular formula is C26H31N3O6. The highest BCUT2D eigenvalue weighted by Gasteiger charge is 2.37. The molecule has 0 saturated carbocycles.